The Morgan fingerprint density at radius 2 is 1.73 bits per heavy atom. The molecule has 5 rings (SSSR count). The fourth-order valence-corrected chi connectivity index (χ4v) is 4.55. The monoisotopic (exact) mass is 583 g/mol. The molecule has 0 unspecified atom stereocenters. The number of aryl methyl sites for hydroxylation is 1. The molecule has 208 valence electrons. The van der Waals surface area contributed by atoms with E-state index >= 15 is 0 Å². The molecule has 4 aromatic rings. The maximum absolute atomic E-state index is 12.2. The van der Waals surface area contributed by atoms with Gasteiger partial charge in [0.1, 0.15) is 18.1 Å². The van der Waals surface area contributed by atoms with E-state index in [1.807, 2.05) is 43.3 Å². The average molecular weight is 584 g/mol. The fourth-order valence-electron chi connectivity index (χ4n) is 4.55. The van der Waals surface area contributed by atoms with Gasteiger partial charge in [-0.05, 0) is 77.9 Å². The van der Waals surface area contributed by atoms with E-state index in [0.29, 0.717) is 31.3 Å². The number of ether oxygens (including phenoxy) is 3. The Labute approximate surface area is 279 Å². The van der Waals surface area contributed by atoms with Crippen molar-refractivity contribution in [2.75, 3.05) is 19.8 Å². The molecule has 0 bridgehead atoms. The van der Waals surface area contributed by atoms with Gasteiger partial charge in [0, 0.05) is 25.8 Å². The van der Waals surface area contributed by atoms with Crippen LogP contribution in [0.2, 0.25) is 0 Å². The molecule has 3 aromatic carbocycles. The molecule has 41 heavy (non-hydrogen) atoms. The van der Waals surface area contributed by atoms with E-state index in [-0.39, 0.29) is 76.5 Å². The van der Waals surface area contributed by atoms with Crippen LogP contribution in [0.25, 0.3) is 11.1 Å². The summed E-state index contributed by atoms with van der Waals surface area (Å²) in [7, 11) is 0. The Morgan fingerprint density at radius 3 is 2.44 bits per heavy atom. The topological polar surface area (TPSA) is 123 Å². The van der Waals surface area contributed by atoms with Crippen molar-refractivity contribution in [2.45, 2.75) is 39.0 Å². The SMILES string of the molecule is Cc1cc(OCC(=O)NC2CCOCC2)ccc1-c1cccc(COc2ccc(Cn3oc(=O)[n-]c3=O)cc2)c1.[K+]. The summed E-state index contributed by atoms with van der Waals surface area (Å²) in [6.45, 7) is 3.83. The van der Waals surface area contributed by atoms with E-state index in [4.69, 9.17) is 18.7 Å². The van der Waals surface area contributed by atoms with Gasteiger partial charge in [0.2, 0.25) is 0 Å². The van der Waals surface area contributed by atoms with Crippen LogP contribution in [0.5, 0.6) is 11.5 Å². The molecule has 1 aromatic heterocycles. The van der Waals surface area contributed by atoms with Crippen LogP contribution >= 0.6 is 0 Å². The van der Waals surface area contributed by atoms with Gasteiger partial charge in [0.05, 0.1) is 0 Å². The summed E-state index contributed by atoms with van der Waals surface area (Å²) < 4.78 is 22.7. The molecule has 0 saturated carbocycles. The summed E-state index contributed by atoms with van der Waals surface area (Å²) >= 11 is 0. The number of aromatic nitrogens is 2. The minimum absolute atomic E-state index is 0. The number of carbonyl (C=O) groups is 1. The maximum atomic E-state index is 12.2. The molecule has 1 fully saturated rings. The molecule has 0 aliphatic carbocycles. The van der Waals surface area contributed by atoms with Gasteiger partial charge in [-0.15, -0.1) is 0 Å². The van der Waals surface area contributed by atoms with E-state index in [1.165, 1.54) is 0 Å². The van der Waals surface area contributed by atoms with Gasteiger partial charge in [-0.2, -0.15) is 0 Å². The molecule has 10 nitrogen and oxygen atoms in total. The molecule has 1 amide bonds. The number of rotatable bonds is 10. The van der Waals surface area contributed by atoms with E-state index in [0.717, 1.165) is 45.4 Å². The standard InChI is InChI=1S/C30H31N3O7.K/c1-20-15-26(39-19-28(34)31-24-11-13-37-14-12-24)9-10-27(20)23-4-2-3-22(16-23)18-38-25-7-5-21(6-8-25)17-33-29(35)32-30(36)40-33;/h2-10,15-16,24H,11-14,17-19H2,1H3,(H2,31,32,34,35,36);/q;+1/p-1. The maximum Gasteiger partial charge on any atom is 1.00 e. The minimum atomic E-state index is -0.905. The molecule has 0 atom stereocenters. The van der Waals surface area contributed by atoms with Crippen molar-refractivity contribution in [2.24, 2.45) is 0 Å². The molecule has 11 heteroatoms. The zero-order valence-electron chi connectivity index (χ0n) is 23.1. The third-order valence-electron chi connectivity index (χ3n) is 6.64. The van der Waals surface area contributed by atoms with Crippen molar-refractivity contribution in [1.82, 2.24) is 15.0 Å². The second-order valence-electron chi connectivity index (χ2n) is 9.64. The van der Waals surface area contributed by atoms with Gasteiger partial charge in [0.15, 0.2) is 12.3 Å². The van der Waals surface area contributed by atoms with Gasteiger partial charge in [-0.25, -0.2) is 4.79 Å². The summed E-state index contributed by atoms with van der Waals surface area (Å²) in [5.74, 6) is 0.284. The molecule has 1 saturated heterocycles. The first-order chi connectivity index (χ1) is 19.4. The van der Waals surface area contributed by atoms with Crippen molar-refractivity contribution in [3.63, 3.8) is 0 Å². The molecule has 0 spiro atoms. The van der Waals surface area contributed by atoms with Crippen LogP contribution in [0.3, 0.4) is 0 Å². The predicted molar refractivity (Wildman–Crippen MR) is 147 cm³/mol. The van der Waals surface area contributed by atoms with E-state index in [9.17, 15) is 14.4 Å². The Morgan fingerprint density at radius 1 is 0.976 bits per heavy atom. The average Bonchev–Trinajstić information content (AvgIpc) is 3.28. The van der Waals surface area contributed by atoms with Crippen molar-refractivity contribution in [3.05, 3.63) is 104 Å². The summed E-state index contributed by atoms with van der Waals surface area (Å²) in [5.41, 5.74) is 4.21. The molecular formula is C30H30KN3O7. The summed E-state index contributed by atoms with van der Waals surface area (Å²) in [6, 6.07) is 21.3. The Balaban J connectivity index is 0.00000387. The Bertz CT molecular complexity index is 1570. The molecule has 2 heterocycles. The van der Waals surface area contributed by atoms with Crippen molar-refractivity contribution < 1.29 is 74.9 Å². The summed E-state index contributed by atoms with van der Waals surface area (Å²) in [4.78, 5) is 38.1. The molecule has 1 N–H and O–H groups in total. The van der Waals surface area contributed by atoms with Crippen LogP contribution in [0, 0.1) is 6.92 Å². The first-order valence-electron chi connectivity index (χ1n) is 13.1. The van der Waals surface area contributed by atoms with E-state index in [2.05, 4.69) is 16.4 Å². The molecule has 0 radical (unpaired) electrons. The van der Waals surface area contributed by atoms with Crippen molar-refractivity contribution in [3.8, 4) is 22.6 Å². The Kier molecular flexibility index (Phi) is 11.2. The van der Waals surface area contributed by atoms with Crippen LogP contribution in [0.1, 0.15) is 29.5 Å². The number of hydrogen-bond donors (Lipinski definition) is 1. The van der Waals surface area contributed by atoms with Crippen molar-refractivity contribution >= 4 is 5.91 Å². The van der Waals surface area contributed by atoms with Gasteiger partial charge < -0.3 is 29.0 Å². The number of hydrogen-bond acceptors (Lipinski definition) is 7. The minimum Gasteiger partial charge on any atom is -0.489 e. The quantitative estimate of drug-likeness (QED) is 0.260. The number of nitrogens with zero attached hydrogens (tertiary/aromatic N) is 2. The normalized spacial score (nSPS) is 13.3. The summed E-state index contributed by atoms with van der Waals surface area (Å²) in [5, 5.41) is 3.00. The van der Waals surface area contributed by atoms with Crippen molar-refractivity contribution in [1.29, 1.82) is 0 Å². The largest absolute Gasteiger partial charge is 1.00 e. The third-order valence-corrected chi connectivity index (χ3v) is 6.64. The Hall–Kier alpha value is -2.93. The first kappa shape index (κ1) is 31.0. The first-order valence-corrected chi connectivity index (χ1v) is 13.1. The van der Waals surface area contributed by atoms with Crippen LogP contribution < -0.4 is 82.6 Å². The van der Waals surface area contributed by atoms with Gasteiger partial charge in [-0.3, -0.25) is 14.3 Å². The number of carbonyl (C=O) groups excluding carboxylic acids is 1. The zero-order valence-corrected chi connectivity index (χ0v) is 26.3. The summed E-state index contributed by atoms with van der Waals surface area (Å²) in [6.07, 6.45) is 1.66. The molecule has 1 aliphatic heterocycles. The number of nitrogens with one attached hydrogen (secondary N) is 1. The van der Waals surface area contributed by atoms with Crippen LogP contribution in [-0.2, 0) is 22.7 Å². The van der Waals surface area contributed by atoms with Crippen LogP contribution in [0.15, 0.2) is 80.8 Å². The smallest absolute Gasteiger partial charge is 0.489 e. The second kappa shape index (κ2) is 14.8. The van der Waals surface area contributed by atoms with Gasteiger partial charge in [0.25, 0.3) is 5.91 Å². The molecular weight excluding hydrogens is 553 g/mol. The van der Waals surface area contributed by atoms with Gasteiger partial charge in [-0.1, -0.05) is 36.4 Å². The van der Waals surface area contributed by atoms with Gasteiger partial charge >= 0.3 is 57.1 Å². The third kappa shape index (κ3) is 8.78. The van der Waals surface area contributed by atoms with Crippen LogP contribution in [0.4, 0.5) is 0 Å². The number of amides is 1. The number of benzene rings is 3. The van der Waals surface area contributed by atoms with Crippen LogP contribution in [-0.4, -0.2) is 36.5 Å². The second-order valence-corrected chi connectivity index (χ2v) is 9.64. The fraction of sp³-hybridized carbons (Fsp3) is 0.300. The van der Waals surface area contributed by atoms with E-state index < -0.39 is 11.4 Å². The van der Waals surface area contributed by atoms with E-state index in [1.54, 1.807) is 24.3 Å². The molecule has 1 aliphatic rings. The zero-order chi connectivity index (χ0) is 27.9. The predicted octanol–water partition coefficient (Wildman–Crippen LogP) is 0.0394.